The molecule has 0 radical (unpaired) electrons. The number of halogens is 3. The number of nitrogens with two attached hydrogens (primary N) is 2. The van der Waals surface area contributed by atoms with Gasteiger partial charge in [0, 0.05) is 29.9 Å². The van der Waals surface area contributed by atoms with Crippen molar-refractivity contribution in [3.63, 3.8) is 0 Å². The highest BCUT2D eigenvalue weighted by atomic mass is 32.2. The Balaban J connectivity index is 1.60. The van der Waals surface area contributed by atoms with Gasteiger partial charge in [0.1, 0.15) is 29.0 Å². The maximum Gasteiger partial charge on any atom is 0.261 e. The van der Waals surface area contributed by atoms with Crippen LogP contribution in [0.2, 0.25) is 0 Å². The second kappa shape index (κ2) is 10.2. The summed E-state index contributed by atoms with van der Waals surface area (Å²) in [6.45, 7) is 3.86. The number of benzene rings is 2. The van der Waals surface area contributed by atoms with Gasteiger partial charge in [0.05, 0.1) is 21.5 Å². The zero-order valence-electron chi connectivity index (χ0n) is 21.5. The largest absolute Gasteiger partial charge is 0.383 e. The summed E-state index contributed by atoms with van der Waals surface area (Å²) in [6.07, 6.45) is 5.20. The van der Waals surface area contributed by atoms with Crippen LogP contribution < -0.4 is 16.2 Å². The van der Waals surface area contributed by atoms with Gasteiger partial charge in [-0.1, -0.05) is 0 Å². The van der Waals surface area contributed by atoms with Gasteiger partial charge in [-0.2, -0.15) is 5.10 Å². The quantitative estimate of drug-likeness (QED) is 0.288. The van der Waals surface area contributed by atoms with Crippen molar-refractivity contribution in [2.75, 3.05) is 10.5 Å². The lowest BCUT2D eigenvalue weighted by molar-refractivity contribution is 0.395. The molecule has 0 bridgehead atoms. The van der Waals surface area contributed by atoms with Crippen LogP contribution in [0.5, 0.6) is 0 Å². The third-order valence-corrected chi connectivity index (χ3v) is 8.55. The molecule has 2 heterocycles. The number of nitrogen functional groups attached to an aromatic ring is 1. The van der Waals surface area contributed by atoms with Crippen LogP contribution in [0.25, 0.3) is 22.2 Å². The van der Waals surface area contributed by atoms with Crippen molar-refractivity contribution < 1.29 is 21.6 Å². The molecule has 1 aliphatic rings. The Labute approximate surface area is 224 Å². The number of hydrogen-bond donors (Lipinski definition) is 3. The number of nitrogens with one attached hydrogen (secondary N) is 1. The molecule has 0 saturated heterocycles. The van der Waals surface area contributed by atoms with Crippen LogP contribution in [0.1, 0.15) is 57.1 Å². The fraction of sp³-hybridized carbons (Fsp3) is 0.333. The number of hydrogen-bond acceptors (Lipinski definition) is 6. The van der Waals surface area contributed by atoms with Crippen LogP contribution in [-0.2, 0) is 10.0 Å². The van der Waals surface area contributed by atoms with Crippen LogP contribution in [0, 0.1) is 17.5 Å². The molecule has 0 unspecified atom stereocenters. The second-order valence-electron chi connectivity index (χ2n) is 10.2. The van der Waals surface area contributed by atoms with Crippen LogP contribution in [0.3, 0.4) is 0 Å². The number of rotatable bonds is 6. The highest BCUT2D eigenvalue weighted by Crippen LogP contribution is 2.42. The third kappa shape index (κ3) is 5.06. The van der Waals surface area contributed by atoms with Gasteiger partial charge >= 0.3 is 0 Å². The summed E-state index contributed by atoms with van der Waals surface area (Å²) in [6, 6.07) is 5.63. The second-order valence-corrected chi connectivity index (χ2v) is 11.9. The van der Waals surface area contributed by atoms with Crippen molar-refractivity contribution in [2.24, 2.45) is 5.73 Å². The lowest BCUT2D eigenvalue weighted by Gasteiger charge is -2.27. The van der Waals surface area contributed by atoms with E-state index in [-0.39, 0.29) is 40.0 Å². The van der Waals surface area contributed by atoms with Gasteiger partial charge in [-0.05, 0) is 81.3 Å². The van der Waals surface area contributed by atoms with E-state index in [1.165, 1.54) is 0 Å². The summed E-state index contributed by atoms with van der Waals surface area (Å²) in [5.74, 6) is -2.26. The van der Waals surface area contributed by atoms with Crippen molar-refractivity contribution in [3.05, 3.63) is 65.6 Å². The first-order valence-corrected chi connectivity index (χ1v) is 14.1. The Morgan fingerprint density at radius 2 is 1.69 bits per heavy atom. The molecule has 2 aromatic carbocycles. The molecule has 5 rings (SSSR count). The predicted molar refractivity (Wildman–Crippen MR) is 144 cm³/mol. The lowest BCUT2D eigenvalue weighted by Crippen LogP contribution is -2.26. The van der Waals surface area contributed by atoms with Crippen molar-refractivity contribution >= 4 is 32.4 Å². The number of anilines is 2. The fourth-order valence-electron chi connectivity index (χ4n) is 5.13. The molecule has 1 aliphatic carbocycles. The molecule has 12 heteroatoms. The topological polar surface area (TPSA) is 129 Å². The van der Waals surface area contributed by atoms with Crippen LogP contribution in [0.4, 0.5) is 24.7 Å². The number of pyridine rings is 1. The Kier molecular flexibility index (Phi) is 7.02. The molecular formula is C27H29F3N6O2S. The Morgan fingerprint density at radius 3 is 2.33 bits per heavy atom. The number of sulfonamides is 1. The Bertz CT molecular complexity index is 1650. The SMILES string of the molecule is CC(C)n1nc(-c2cc(F)c(NS(=O)(=O)c3ccc(F)cc3)cc2F)c2c(N)ncc(C3CCC(N)CC3)c21. The van der Waals surface area contributed by atoms with Crippen molar-refractivity contribution in [2.45, 2.75) is 62.4 Å². The van der Waals surface area contributed by atoms with E-state index in [1.54, 1.807) is 10.9 Å². The van der Waals surface area contributed by atoms with Crippen molar-refractivity contribution in [1.29, 1.82) is 0 Å². The summed E-state index contributed by atoms with van der Waals surface area (Å²) in [5, 5.41) is 5.05. The first kappa shape index (κ1) is 26.9. The summed E-state index contributed by atoms with van der Waals surface area (Å²) < 4.78 is 73.1. The average Bonchev–Trinajstić information content (AvgIpc) is 3.29. The molecular weight excluding hydrogens is 529 g/mol. The standard InChI is InChI=1S/C27H29F3N6O2S/c1-14(2)36-26-20(15-3-7-17(31)8-4-15)13-33-27(32)24(26)25(34-36)19-11-22(30)23(12-21(19)29)35-39(37,38)18-9-5-16(28)6-10-18/h5-6,9-15,17,35H,3-4,7-8,31H2,1-2H3,(H2,32,33). The van der Waals surface area contributed by atoms with Gasteiger partial charge in [-0.25, -0.2) is 26.6 Å². The molecule has 1 fully saturated rings. The molecule has 5 N–H and O–H groups in total. The van der Waals surface area contributed by atoms with Crippen molar-refractivity contribution in [3.8, 4) is 11.3 Å². The van der Waals surface area contributed by atoms with Gasteiger partial charge in [0.25, 0.3) is 10.0 Å². The molecule has 0 spiro atoms. The molecule has 1 saturated carbocycles. The highest BCUT2D eigenvalue weighted by Gasteiger charge is 2.29. The van der Waals surface area contributed by atoms with Crippen LogP contribution in [0.15, 0.2) is 47.5 Å². The monoisotopic (exact) mass is 558 g/mol. The first-order valence-electron chi connectivity index (χ1n) is 12.7. The van der Waals surface area contributed by atoms with E-state index in [2.05, 4.69) is 10.1 Å². The summed E-state index contributed by atoms with van der Waals surface area (Å²) >= 11 is 0. The van der Waals surface area contributed by atoms with Crippen molar-refractivity contribution in [1.82, 2.24) is 14.8 Å². The predicted octanol–water partition coefficient (Wildman–Crippen LogP) is 5.46. The highest BCUT2D eigenvalue weighted by molar-refractivity contribution is 7.92. The van der Waals surface area contributed by atoms with E-state index in [0.29, 0.717) is 10.9 Å². The van der Waals surface area contributed by atoms with Gasteiger partial charge in [-0.3, -0.25) is 9.40 Å². The maximum atomic E-state index is 15.5. The van der Waals surface area contributed by atoms with Gasteiger partial charge < -0.3 is 11.5 Å². The normalized spacial score (nSPS) is 18.1. The lowest BCUT2D eigenvalue weighted by atomic mass is 9.82. The van der Waals surface area contributed by atoms with Gasteiger partial charge in [0.15, 0.2) is 0 Å². The van der Waals surface area contributed by atoms with E-state index in [4.69, 9.17) is 11.5 Å². The van der Waals surface area contributed by atoms with E-state index >= 15 is 8.78 Å². The summed E-state index contributed by atoms with van der Waals surface area (Å²) in [5.41, 5.74) is 13.4. The third-order valence-electron chi connectivity index (χ3n) is 7.16. The smallest absolute Gasteiger partial charge is 0.261 e. The van der Waals surface area contributed by atoms with E-state index in [1.807, 2.05) is 18.6 Å². The fourth-order valence-corrected chi connectivity index (χ4v) is 6.19. The molecule has 206 valence electrons. The maximum absolute atomic E-state index is 15.5. The number of aromatic nitrogens is 3. The molecule has 39 heavy (non-hydrogen) atoms. The van der Waals surface area contributed by atoms with Gasteiger partial charge in [-0.15, -0.1) is 0 Å². The molecule has 8 nitrogen and oxygen atoms in total. The minimum absolute atomic E-state index is 0.113. The molecule has 0 aliphatic heterocycles. The zero-order valence-corrected chi connectivity index (χ0v) is 22.3. The first-order chi connectivity index (χ1) is 18.5. The van der Waals surface area contributed by atoms with E-state index < -0.39 is 33.2 Å². The van der Waals surface area contributed by atoms with Gasteiger partial charge in [0.2, 0.25) is 0 Å². The Hall–Kier alpha value is -3.64. The molecule has 4 aromatic rings. The number of fused-ring (bicyclic) bond motifs is 1. The van der Waals surface area contributed by atoms with E-state index in [9.17, 15) is 12.8 Å². The van der Waals surface area contributed by atoms with Crippen LogP contribution >= 0.6 is 0 Å². The average molecular weight is 559 g/mol. The molecule has 0 amide bonds. The summed E-state index contributed by atoms with van der Waals surface area (Å²) in [7, 11) is -4.30. The molecule has 0 atom stereocenters. The van der Waals surface area contributed by atoms with E-state index in [0.717, 1.165) is 67.6 Å². The number of nitrogens with zero attached hydrogens (tertiary/aromatic N) is 3. The minimum Gasteiger partial charge on any atom is -0.383 e. The minimum atomic E-state index is -4.30. The zero-order chi connectivity index (χ0) is 28.1. The molecule has 2 aromatic heterocycles. The summed E-state index contributed by atoms with van der Waals surface area (Å²) in [4.78, 5) is 4.08. The Morgan fingerprint density at radius 1 is 1.03 bits per heavy atom. The van der Waals surface area contributed by atoms with Crippen LogP contribution in [-0.4, -0.2) is 29.2 Å².